The minimum absolute atomic E-state index is 0.109. The lowest BCUT2D eigenvalue weighted by Gasteiger charge is -2.17. The molecular formula is C12H9Cl2NO3. The van der Waals surface area contributed by atoms with Crippen molar-refractivity contribution in [3.05, 3.63) is 45.1 Å². The van der Waals surface area contributed by atoms with Crippen molar-refractivity contribution < 1.29 is 14.6 Å². The first kappa shape index (κ1) is 12.9. The van der Waals surface area contributed by atoms with Gasteiger partial charge in [0.25, 0.3) is 0 Å². The second-order valence-electron chi connectivity index (χ2n) is 3.68. The van der Waals surface area contributed by atoms with Crippen LogP contribution in [0, 0.1) is 5.41 Å². The van der Waals surface area contributed by atoms with Crippen molar-refractivity contribution in [2.45, 2.75) is 6.42 Å². The topological polar surface area (TPSA) is 70.4 Å². The summed E-state index contributed by atoms with van der Waals surface area (Å²) in [7, 11) is 0. The Bertz CT molecular complexity index is 546. The number of nitrogens with one attached hydrogen (secondary N) is 1. The van der Waals surface area contributed by atoms with Crippen molar-refractivity contribution >= 4 is 34.9 Å². The molecule has 0 unspecified atom stereocenters. The Balaban J connectivity index is 2.52. The Hall–Kier alpha value is -1.52. The maximum atomic E-state index is 11.6. The lowest BCUT2D eigenvalue weighted by molar-refractivity contribution is -0.139. The van der Waals surface area contributed by atoms with Crippen LogP contribution in [0.25, 0.3) is 0 Å². The van der Waals surface area contributed by atoms with E-state index in [-0.39, 0.29) is 45.7 Å². The maximum absolute atomic E-state index is 11.6. The van der Waals surface area contributed by atoms with Crippen molar-refractivity contribution in [3.8, 4) is 0 Å². The maximum Gasteiger partial charge on any atom is 0.343 e. The number of benzene rings is 1. The van der Waals surface area contributed by atoms with Crippen LogP contribution in [0.3, 0.4) is 0 Å². The van der Waals surface area contributed by atoms with Crippen LogP contribution < -0.4 is 0 Å². The summed E-state index contributed by atoms with van der Waals surface area (Å²) in [6.45, 7) is 0.109. The summed E-state index contributed by atoms with van der Waals surface area (Å²) in [5.41, 5.74) is -0.203. The van der Waals surface area contributed by atoms with Gasteiger partial charge in [-0.15, -0.1) is 0 Å². The first-order valence-electron chi connectivity index (χ1n) is 5.15. The van der Waals surface area contributed by atoms with E-state index >= 15 is 0 Å². The van der Waals surface area contributed by atoms with Crippen LogP contribution in [0.2, 0.25) is 10.0 Å². The smallest absolute Gasteiger partial charge is 0.343 e. The molecule has 6 heteroatoms. The molecule has 2 N–H and O–H groups in total. The van der Waals surface area contributed by atoms with Crippen molar-refractivity contribution in [2.24, 2.45) is 0 Å². The molecule has 0 amide bonds. The first-order valence-corrected chi connectivity index (χ1v) is 5.90. The number of aliphatic hydroxyl groups is 1. The van der Waals surface area contributed by atoms with Gasteiger partial charge in [0.1, 0.15) is 11.3 Å². The fourth-order valence-corrected chi connectivity index (χ4v) is 2.25. The highest BCUT2D eigenvalue weighted by Gasteiger charge is 2.28. The molecule has 0 fully saturated rings. The van der Waals surface area contributed by atoms with Gasteiger partial charge < -0.3 is 9.84 Å². The molecule has 18 heavy (non-hydrogen) atoms. The van der Waals surface area contributed by atoms with Gasteiger partial charge in [-0.2, -0.15) is 0 Å². The Morgan fingerprint density at radius 3 is 2.50 bits per heavy atom. The van der Waals surface area contributed by atoms with E-state index in [1.54, 1.807) is 18.2 Å². The summed E-state index contributed by atoms with van der Waals surface area (Å²) < 4.78 is 4.80. The predicted molar refractivity (Wildman–Crippen MR) is 68.5 cm³/mol. The van der Waals surface area contributed by atoms with Gasteiger partial charge in [0.15, 0.2) is 0 Å². The van der Waals surface area contributed by atoms with E-state index in [2.05, 4.69) is 0 Å². The number of esters is 1. The molecule has 0 saturated carbocycles. The molecule has 1 aliphatic rings. The van der Waals surface area contributed by atoms with Crippen LogP contribution in [0.5, 0.6) is 0 Å². The van der Waals surface area contributed by atoms with Crippen LogP contribution in [0.15, 0.2) is 29.5 Å². The molecule has 1 aromatic rings. The molecule has 0 spiro atoms. The van der Waals surface area contributed by atoms with Gasteiger partial charge in [-0.05, 0) is 12.1 Å². The third-order valence-corrected chi connectivity index (χ3v) is 3.16. The minimum atomic E-state index is -0.736. The van der Waals surface area contributed by atoms with E-state index in [9.17, 15) is 9.90 Å². The van der Waals surface area contributed by atoms with Crippen LogP contribution >= 0.6 is 23.2 Å². The van der Waals surface area contributed by atoms with E-state index in [1.807, 2.05) is 0 Å². The number of aliphatic hydroxyl groups excluding tert-OH is 1. The standard InChI is InChI=1S/C12H9Cl2NO3/c13-6-2-1-3-7(14)9(6)11(15)10-8(16)4-5-18-12(10)17/h1-3,15-16H,4-5H2. The van der Waals surface area contributed by atoms with Gasteiger partial charge in [-0.25, -0.2) is 4.79 Å². The zero-order chi connectivity index (χ0) is 13.3. The molecule has 0 aromatic heterocycles. The Labute approximate surface area is 113 Å². The van der Waals surface area contributed by atoms with Crippen molar-refractivity contribution in [2.75, 3.05) is 6.61 Å². The fraction of sp³-hybridized carbons (Fsp3) is 0.167. The predicted octanol–water partition coefficient (Wildman–Crippen LogP) is 3.12. The van der Waals surface area contributed by atoms with Gasteiger partial charge in [0.05, 0.1) is 22.4 Å². The zero-order valence-corrected chi connectivity index (χ0v) is 10.7. The van der Waals surface area contributed by atoms with Gasteiger partial charge in [0, 0.05) is 12.0 Å². The van der Waals surface area contributed by atoms with Crippen molar-refractivity contribution in [3.63, 3.8) is 0 Å². The third kappa shape index (κ3) is 2.21. The summed E-state index contributed by atoms with van der Waals surface area (Å²) in [4.78, 5) is 11.6. The molecule has 0 atom stereocenters. The summed E-state index contributed by atoms with van der Waals surface area (Å²) in [5.74, 6) is -0.910. The van der Waals surface area contributed by atoms with E-state index in [0.717, 1.165) is 0 Å². The molecule has 94 valence electrons. The average Bonchev–Trinajstić information content (AvgIpc) is 2.28. The van der Waals surface area contributed by atoms with Crippen molar-refractivity contribution in [1.29, 1.82) is 5.41 Å². The summed E-state index contributed by atoms with van der Waals surface area (Å²) in [6, 6.07) is 4.75. The van der Waals surface area contributed by atoms with Gasteiger partial charge in [-0.1, -0.05) is 29.3 Å². The normalized spacial score (nSPS) is 15.6. The number of carbonyl (C=O) groups excluding carboxylic acids is 1. The Kier molecular flexibility index (Phi) is 3.59. The second-order valence-corrected chi connectivity index (χ2v) is 4.49. The molecule has 0 radical (unpaired) electrons. The molecule has 4 nitrogen and oxygen atoms in total. The number of cyclic esters (lactones) is 1. The monoisotopic (exact) mass is 285 g/mol. The molecule has 2 rings (SSSR count). The zero-order valence-electron chi connectivity index (χ0n) is 9.17. The van der Waals surface area contributed by atoms with Crippen molar-refractivity contribution in [1.82, 2.24) is 0 Å². The lowest BCUT2D eigenvalue weighted by Crippen LogP contribution is -2.24. The van der Waals surface area contributed by atoms with Gasteiger partial charge >= 0.3 is 5.97 Å². The van der Waals surface area contributed by atoms with E-state index in [0.29, 0.717) is 0 Å². The number of carbonyl (C=O) groups is 1. The number of hydrogen-bond acceptors (Lipinski definition) is 4. The van der Waals surface area contributed by atoms with Crippen LogP contribution in [-0.2, 0) is 9.53 Å². The molecule has 1 aromatic carbocycles. The molecule has 0 saturated heterocycles. The van der Waals surface area contributed by atoms with Gasteiger partial charge in [0.2, 0.25) is 0 Å². The third-order valence-electron chi connectivity index (χ3n) is 2.53. The Morgan fingerprint density at radius 2 is 1.94 bits per heavy atom. The number of ether oxygens (including phenoxy) is 1. The highest BCUT2D eigenvalue weighted by atomic mass is 35.5. The largest absolute Gasteiger partial charge is 0.511 e. The first-order chi connectivity index (χ1) is 8.52. The van der Waals surface area contributed by atoms with Crippen LogP contribution in [-0.4, -0.2) is 23.4 Å². The molecule has 1 heterocycles. The van der Waals surface area contributed by atoms with E-state index in [1.165, 1.54) is 0 Å². The quantitative estimate of drug-likeness (QED) is 0.648. The highest BCUT2D eigenvalue weighted by molar-refractivity contribution is 6.43. The lowest BCUT2D eigenvalue weighted by atomic mass is 9.99. The number of rotatable bonds is 2. The second kappa shape index (κ2) is 5.00. The fourth-order valence-electron chi connectivity index (χ4n) is 1.66. The van der Waals surface area contributed by atoms with E-state index in [4.69, 9.17) is 33.3 Å². The van der Waals surface area contributed by atoms with Crippen LogP contribution in [0.1, 0.15) is 12.0 Å². The average molecular weight is 286 g/mol. The molecular weight excluding hydrogens is 277 g/mol. The summed E-state index contributed by atoms with van der Waals surface area (Å²) in [5, 5.41) is 18.2. The van der Waals surface area contributed by atoms with Crippen LogP contribution in [0.4, 0.5) is 0 Å². The van der Waals surface area contributed by atoms with Gasteiger partial charge in [-0.3, -0.25) is 5.41 Å². The molecule has 0 aliphatic carbocycles. The molecule has 0 bridgehead atoms. The van der Waals surface area contributed by atoms with E-state index < -0.39 is 5.97 Å². The molecule has 1 aliphatic heterocycles. The highest BCUT2D eigenvalue weighted by Crippen LogP contribution is 2.29. The number of hydrogen-bond donors (Lipinski definition) is 2. The number of halogens is 2. The Morgan fingerprint density at radius 1 is 1.33 bits per heavy atom. The summed E-state index contributed by atoms with van der Waals surface area (Å²) in [6.07, 6.45) is 0.186. The SMILES string of the molecule is N=C(C1=C(O)CCOC1=O)c1c(Cl)cccc1Cl. The minimum Gasteiger partial charge on any atom is -0.511 e. The summed E-state index contributed by atoms with van der Waals surface area (Å²) >= 11 is 11.9.